The van der Waals surface area contributed by atoms with Crippen molar-refractivity contribution in [3.63, 3.8) is 0 Å². The molecule has 1 aliphatic carbocycles. The van der Waals surface area contributed by atoms with E-state index in [4.69, 9.17) is 5.11 Å². The number of ketones is 1. The average molecular weight is 166 g/mol. The van der Waals surface area contributed by atoms with E-state index < -0.39 is 5.97 Å². The van der Waals surface area contributed by atoms with Gasteiger partial charge in [0, 0.05) is 18.1 Å². The second-order valence-electron chi connectivity index (χ2n) is 2.69. The number of aliphatic hydroxyl groups excluding tert-OH is 1. The number of allylic oxidation sites excluding steroid dienone is 2. The molecule has 2 aliphatic rings. The highest BCUT2D eigenvalue weighted by Crippen LogP contribution is 2.31. The topological polar surface area (TPSA) is 63.6 Å². The predicted molar refractivity (Wildman–Crippen MR) is 38.1 cm³/mol. The molecule has 2 rings (SSSR count). The molecule has 0 saturated heterocycles. The largest absolute Gasteiger partial charge is 0.502 e. The van der Waals surface area contributed by atoms with Gasteiger partial charge < -0.3 is 9.84 Å². The predicted octanol–water partition coefficient (Wildman–Crippen LogP) is 0.602. The Morgan fingerprint density at radius 2 is 2.08 bits per heavy atom. The summed E-state index contributed by atoms with van der Waals surface area (Å²) in [7, 11) is 0. The van der Waals surface area contributed by atoms with Crippen LogP contribution in [-0.2, 0) is 14.3 Å². The van der Waals surface area contributed by atoms with Crippen molar-refractivity contribution in [3.8, 4) is 0 Å². The van der Waals surface area contributed by atoms with Crippen molar-refractivity contribution in [1.29, 1.82) is 0 Å². The van der Waals surface area contributed by atoms with Gasteiger partial charge in [0.25, 0.3) is 0 Å². The van der Waals surface area contributed by atoms with Gasteiger partial charge in [0.15, 0.2) is 5.78 Å². The van der Waals surface area contributed by atoms with E-state index in [0.29, 0.717) is 18.4 Å². The number of fused-ring (bicyclic) bond motifs is 1. The lowest BCUT2D eigenvalue weighted by molar-refractivity contribution is -0.135. The lowest BCUT2D eigenvalue weighted by atomic mass is 9.99. The Morgan fingerprint density at radius 3 is 2.83 bits per heavy atom. The summed E-state index contributed by atoms with van der Waals surface area (Å²) in [5.74, 6) is -0.968. The molecule has 0 aromatic heterocycles. The summed E-state index contributed by atoms with van der Waals surface area (Å²) < 4.78 is 4.63. The Labute approximate surface area is 68.1 Å². The number of hydrogen-bond donors (Lipinski definition) is 1. The third-order valence-corrected chi connectivity index (χ3v) is 1.89. The van der Waals surface area contributed by atoms with Crippen LogP contribution in [-0.4, -0.2) is 16.9 Å². The van der Waals surface area contributed by atoms with E-state index in [2.05, 4.69) is 4.74 Å². The van der Waals surface area contributed by atoms with Gasteiger partial charge >= 0.3 is 5.97 Å². The number of ether oxygens (including phenoxy) is 1. The van der Waals surface area contributed by atoms with Crippen LogP contribution in [0.25, 0.3) is 0 Å². The highest BCUT2D eigenvalue weighted by molar-refractivity contribution is 5.98. The van der Waals surface area contributed by atoms with Gasteiger partial charge in [0.2, 0.25) is 5.76 Å². The van der Waals surface area contributed by atoms with Gasteiger partial charge in [-0.3, -0.25) is 4.79 Å². The molecule has 0 saturated carbocycles. The molecule has 0 amide bonds. The van der Waals surface area contributed by atoms with Crippen LogP contribution >= 0.6 is 0 Å². The smallest absolute Gasteiger partial charge is 0.379 e. The zero-order valence-electron chi connectivity index (χ0n) is 6.16. The van der Waals surface area contributed by atoms with Gasteiger partial charge in [0.1, 0.15) is 5.76 Å². The van der Waals surface area contributed by atoms with Crippen LogP contribution in [0, 0.1) is 0 Å². The third kappa shape index (κ3) is 0.845. The molecule has 0 fully saturated rings. The molecule has 4 heteroatoms. The summed E-state index contributed by atoms with van der Waals surface area (Å²) in [5.41, 5.74) is 0.458. The average Bonchev–Trinajstić information content (AvgIpc) is 2.28. The minimum Gasteiger partial charge on any atom is -0.502 e. The molecule has 0 bridgehead atoms. The van der Waals surface area contributed by atoms with E-state index in [1.54, 1.807) is 0 Å². The molecule has 1 N–H and O–H groups in total. The van der Waals surface area contributed by atoms with Crippen LogP contribution in [0.15, 0.2) is 23.2 Å². The molecule has 0 unspecified atom stereocenters. The zero-order valence-corrected chi connectivity index (χ0v) is 6.16. The van der Waals surface area contributed by atoms with Crippen LogP contribution in [0.2, 0.25) is 0 Å². The first-order chi connectivity index (χ1) is 5.68. The van der Waals surface area contributed by atoms with Crippen molar-refractivity contribution < 1.29 is 19.4 Å². The van der Waals surface area contributed by atoms with Crippen molar-refractivity contribution in [2.75, 3.05) is 0 Å². The third-order valence-electron chi connectivity index (χ3n) is 1.89. The molecule has 0 aromatic carbocycles. The van der Waals surface area contributed by atoms with Crippen LogP contribution in [0.5, 0.6) is 0 Å². The molecule has 0 aromatic rings. The first-order valence-corrected chi connectivity index (χ1v) is 3.57. The lowest BCUT2D eigenvalue weighted by Gasteiger charge is -2.06. The van der Waals surface area contributed by atoms with E-state index in [-0.39, 0.29) is 17.3 Å². The number of hydrogen-bond acceptors (Lipinski definition) is 4. The summed E-state index contributed by atoms with van der Waals surface area (Å²) in [5, 5.41) is 9.13. The Morgan fingerprint density at radius 1 is 1.33 bits per heavy atom. The number of esters is 1. The Hall–Kier alpha value is -1.58. The zero-order chi connectivity index (χ0) is 8.72. The number of aliphatic hydroxyl groups is 1. The minimum absolute atomic E-state index is 0.0729. The van der Waals surface area contributed by atoms with Gasteiger partial charge in [-0.2, -0.15) is 0 Å². The summed E-state index contributed by atoms with van der Waals surface area (Å²) in [6, 6.07) is 0. The second-order valence-corrected chi connectivity index (χ2v) is 2.69. The maximum atomic E-state index is 10.8. The van der Waals surface area contributed by atoms with Crippen molar-refractivity contribution >= 4 is 11.8 Å². The lowest BCUT2D eigenvalue weighted by Crippen LogP contribution is -2.04. The summed E-state index contributed by atoms with van der Waals surface area (Å²) in [6.07, 6.45) is 1.97. The van der Waals surface area contributed by atoms with E-state index in [0.717, 1.165) is 0 Å². The SMILES string of the molecule is O=C1C=C2OC(=O)C(O)=C2CC1. The molecule has 62 valence electrons. The highest BCUT2D eigenvalue weighted by Gasteiger charge is 2.32. The first-order valence-electron chi connectivity index (χ1n) is 3.57. The maximum absolute atomic E-state index is 10.8. The van der Waals surface area contributed by atoms with Crippen molar-refractivity contribution in [2.45, 2.75) is 12.8 Å². The van der Waals surface area contributed by atoms with Crippen LogP contribution < -0.4 is 0 Å². The van der Waals surface area contributed by atoms with E-state index in [9.17, 15) is 9.59 Å². The monoisotopic (exact) mass is 166 g/mol. The summed E-state index contributed by atoms with van der Waals surface area (Å²) in [6.45, 7) is 0. The van der Waals surface area contributed by atoms with E-state index in [1.807, 2.05) is 0 Å². The Kier molecular flexibility index (Phi) is 1.30. The quantitative estimate of drug-likeness (QED) is 0.535. The molecule has 0 spiro atoms. The van der Waals surface area contributed by atoms with Crippen molar-refractivity contribution in [3.05, 3.63) is 23.2 Å². The maximum Gasteiger partial charge on any atom is 0.379 e. The Balaban J connectivity index is 2.48. The molecule has 4 nitrogen and oxygen atoms in total. The van der Waals surface area contributed by atoms with E-state index in [1.165, 1.54) is 6.08 Å². The standard InChI is InChI=1S/C8H6O4/c9-4-1-2-5-6(3-4)12-8(11)7(5)10/h3,10H,1-2H2. The van der Waals surface area contributed by atoms with Crippen molar-refractivity contribution in [2.24, 2.45) is 0 Å². The molecular weight excluding hydrogens is 160 g/mol. The summed E-state index contributed by atoms with van der Waals surface area (Å²) in [4.78, 5) is 21.6. The summed E-state index contributed by atoms with van der Waals surface area (Å²) >= 11 is 0. The number of carbonyl (C=O) groups excluding carboxylic acids is 2. The molecule has 0 radical (unpaired) electrons. The fourth-order valence-electron chi connectivity index (χ4n) is 1.27. The normalized spacial score (nSPS) is 22.2. The van der Waals surface area contributed by atoms with Crippen LogP contribution in [0.4, 0.5) is 0 Å². The fraction of sp³-hybridized carbons (Fsp3) is 0.250. The molecule has 1 heterocycles. The van der Waals surface area contributed by atoms with E-state index >= 15 is 0 Å². The van der Waals surface area contributed by atoms with Gasteiger partial charge in [0.05, 0.1) is 0 Å². The number of rotatable bonds is 0. The van der Waals surface area contributed by atoms with Gasteiger partial charge in [-0.15, -0.1) is 0 Å². The highest BCUT2D eigenvalue weighted by atomic mass is 16.6. The number of carbonyl (C=O) groups is 2. The first kappa shape index (κ1) is 7.09. The molecule has 0 atom stereocenters. The van der Waals surface area contributed by atoms with Gasteiger partial charge in [-0.25, -0.2) is 4.79 Å². The minimum atomic E-state index is -0.758. The molecular formula is C8H6O4. The van der Waals surface area contributed by atoms with Crippen LogP contribution in [0.3, 0.4) is 0 Å². The van der Waals surface area contributed by atoms with Gasteiger partial charge in [-0.1, -0.05) is 0 Å². The van der Waals surface area contributed by atoms with Crippen molar-refractivity contribution in [1.82, 2.24) is 0 Å². The van der Waals surface area contributed by atoms with Gasteiger partial charge in [-0.05, 0) is 6.42 Å². The molecule has 12 heavy (non-hydrogen) atoms. The van der Waals surface area contributed by atoms with Crippen LogP contribution in [0.1, 0.15) is 12.8 Å². The second kappa shape index (κ2) is 2.20. The fourth-order valence-corrected chi connectivity index (χ4v) is 1.27. The Bertz CT molecular complexity index is 335. The molecule has 1 aliphatic heterocycles.